The fourth-order valence-corrected chi connectivity index (χ4v) is 1.08. The van der Waals surface area contributed by atoms with Gasteiger partial charge in [0.25, 0.3) is 5.24 Å². The molecule has 0 heterocycles. The first-order valence-corrected chi connectivity index (χ1v) is 5.55. The van der Waals surface area contributed by atoms with Crippen molar-refractivity contribution in [3.8, 4) is 0 Å². The third-order valence-corrected chi connectivity index (χ3v) is 2.13. The van der Waals surface area contributed by atoms with Crippen molar-refractivity contribution >= 4 is 22.9 Å². The third-order valence-electron chi connectivity index (χ3n) is 1.44. The van der Waals surface area contributed by atoms with Crippen molar-refractivity contribution < 1.29 is 9.59 Å². The Morgan fingerprint density at radius 2 is 1.79 bits per heavy atom. The Bertz CT molecular complexity index is 211. The molecule has 0 saturated carbocycles. The molecule has 0 radical (unpaired) electrons. The predicted octanol–water partition coefficient (Wildman–Crippen LogP) is 1.57. The number of carbonyl (C=O) groups excluding carboxylic acids is 2. The maximum absolute atomic E-state index is 11.3. The lowest BCUT2D eigenvalue weighted by atomic mass is 9.96. The standard InChI is InChI=1S/C9H18N2O2S/c1-5-14-8(13)11-6-10-7(12)9(2,3)4/h5-6H2,1-4H3,(H,10,12)(H,11,13). The minimum atomic E-state index is -0.414. The van der Waals surface area contributed by atoms with E-state index in [1.165, 1.54) is 11.8 Å². The minimum Gasteiger partial charge on any atom is -0.338 e. The number of nitrogens with one attached hydrogen (secondary N) is 2. The van der Waals surface area contributed by atoms with Crippen molar-refractivity contribution in [2.24, 2.45) is 5.41 Å². The monoisotopic (exact) mass is 218 g/mol. The SMILES string of the molecule is CCSC(=O)NCNC(=O)C(C)(C)C. The molecule has 0 saturated heterocycles. The average Bonchev–Trinajstić information content (AvgIpc) is 2.02. The lowest BCUT2D eigenvalue weighted by Crippen LogP contribution is -2.41. The van der Waals surface area contributed by atoms with E-state index in [1.807, 2.05) is 27.7 Å². The molecule has 5 heteroatoms. The molecule has 0 unspecified atom stereocenters. The summed E-state index contributed by atoms with van der Waals surface area (Å²) in [7, 11) is 0. The van der Waals surface area contributed by atoms with E-state index in [0.717, 1.165) is 5.75 Å². The molecule has 0 aromatic heterocycles. The molecule has 0 aliphatic carbocycles. The second-order valence-electron chi connectivity index (χ2n) is 3.83. The third kappa shape index (κ3) is 5.85. The van der Waals surface area contributed by atoms with Crippen LogP contribution in [0.2, 0.25) is 0 Å². The minimum absolute atomic E-state index is 0.0701. The van der Waals surface area contributed by atoms with Crippen LogP contribution >= 0.6 is 11.8 Å². The molecule has 0 aromatic carbocycles. The fourth-order valence-electron chi connectivity index (χ4n) is 0.644. The van der Waals surface area contributed by atoms with Crippen molar-refractivity contribution in [2.75, 3.05) is 12.4 Å². The molecule has 0 atom stereocenters. The first-order chi connectivity index (χ1) is 6.38. The van der Waals surface area contributed by atoms with E-state index >= 15 is 0 Å². The van der Waals surface area contributed by atoms with Gasteiger partial charge in [0.15, 0.2) is 0 Å². The highest BCUT2D eigenvalue weighted by Crippen LogP contribution is 2.11. The Morgan fingerprint density at radius 3 is 2.21 bits per heavy atom. The van der Waals surface area contributed by atoms with Crippen LogP contribution in [0.25, 0.3) is 0 Å². The summed E-state index contributed by atoms with van der Waals surface area (Å²) in [5.41, 5.74) is -0.414. The van der Waals surface area contributed by atoms with E-state index in [-0.39, 0.29) is 17.8 Å². The van der Waals surface area contributed by atoms with Gasteiger partial charge in [-0.25, -0.2) is 0 Å². The molecule has 0 aromatic rings. The molecule has 14 heavy (non-hydrogen) atoms. The summed E-state index contributed by atoms with van der Waals surface area (Å²) in [6.45, 7) is 7.57. The quantitative estimate of drug-likeness (QED) is 0.707. The largest absolute Gasteiger partial charge is 0.338 e. The molecule has 0 spiro atoms. The Hall–Kier alpha value is -0.710. The smallest absolute Gasteiger partial charge is 0.280 e. The van der Waals surface area contributed by atoms with Crippen LogP contribution in [0.3, 0.4) is 0 Å². The molecule has 4 nitrogen and oxygen atoms in total. The maximum Gasteiger partial charge on any atom is 0.280 e. The van der Waals surface area contributed by atoms with E-state index in [1.54, 1.807) is 0 Å². The molecule has 2 N–H and O–H groups in total. The molecule has 0 bridgehead atoms. The second kappa shape index (κ2) is 5.90. The molecule has 0 aliphatic rings. The molecular formula is C9H18N2O2S. The summed E-state index contributed by atoms with van der Waals surface area (Å²) >= 11 is 1.19. The maximum atomic E-state index is 11.3. The van der Waals surface area contributed by atoms with Crippen LogP contribution in [0, 0.1) is 5.41 Å². The van der Waals surface area contributed by atoms with Gasteiger partial charge in [0.1, 0.15) is 0 Å². The first-order valence-electron chi connectivity index (χ1n) is 4.57. The molecule has 0 rings (SSSR count). The van der Waals surface area contributed by atoms with E-state index < -0.39 is 5.41 Å². The highest BCUT2D eigenvalue weighted by atomic mass is 32.2. The van der Waals surface area contributed by atoms with Crippen molar-refractivity contribution in [1.82, 2.24) is 10.6 Å². The van der Waals surface area contributed by atoms with Crippen LogP contribution in [0.1, 0.15) is 27.7 Å². The fraction of sp³-hybridized carbons (Fsp3) is 0.778. The van der Waals surface area contributed by atoms with Gasteiger partial charge in [0.2, 0.25) is 5.91 Å². The van der Waals surface area contributed by atoms with E-state index in [0.29, 0.717) is 0 Å². The number of hydrogen-bond donors (Lipinski definition) is 2. The van der Waals surface area contributed by atoms with Gasteiger partial charge >= 0.3 is 0 Å². The highest BCUT2D eigenvalue weighted by Gasteiger charge is 2.20. The van der Waals surface area contributed by atoms with Crippen LogP contribution in [0.15, 0.2) is 0 Å². The summed E-state index contributed by atoms with van der Waals surface area (Å²) in [4.78, 5) is 22.3. The second-order valence-corrected chi connectivity index (χ2v) is 5.07. The number of hydrogen-bond acceptors (Lipinski definition) is 3. The lowest BCUT2D eigenvalue weighted by Gasteiger charge is -2.17. The topological polar surface area (TPSA) is 58.2 Å². The van der Waals surface area contributed by atoms with E-state index in [9.17, 15) is 9.59 Å². The zero-order valence-corrected chi connectivity index (χ0v) is 9.96. The zero-order valence-electron chi connectivity index (χ0n) is 9.14. The summed E-state index contributed by atoms with van der Waals surface area (Å²) in [5, 5.41) is 5.10. The first kappa shape index (κ1) is 13.3. The van der Waals surface area contributed by atoms with Crippen LogP contribution in [-0.4, -0.2) is 23.6 Å². The Kier molecular flexibility index (Phi) is 5.60. The summed E-state index contributed by atoms with van der Waals surface area (Å²) < 4.78 is 0. The number of carbonyl (C=O) groups is 2. The van der Waals surface area contributed by atoms with E-state index in [4.69, 9.17) is 0 Å². The highest BCUT2D eigenvalue weighted by molar-refractivity contribution is 8.13. The van der Waals surface area contributed by atoms with Gasteiger partial charge < -0.3 is 10.6 Å². The lowest BCUT2D eigenvalue weighted by molar-refractivity contribution is -0.128. The Labute approximate surface area is 89.2 Å². The van der Waals surface area contributed by atoms with Gasteiger partial charge in [-0.05, 0) is 5.75 Å². The van der Waals surface area contributed by atoms with Crippen molar-refractivity contribution in [3.05, 3.63) is 0 Å². The van der Waals surface area contributed by atoms with Crippen molar-refractivity contribution in [2.45, 2.75) is 27.7 Å². The molecule has 0 fully saturated rings. The Morgan fingerprint density at radius 1 is 1.21 bits per heavy atom. The molecule has 0 aliphatic heterocycles. The van der Waals surface area contributed by atoms with Gasteiger partial charge in [-0.3, -0.25) is 9.59 Å². The zero-order chi connectivity index (χ0) is 11.2. The van der Waals surface area contributed by atoms with Crippen LogP contribution in [0.4, 0.5) is 4.79 Å². The van der Waals surface area contributed by atoms with Gasteiger partial charge in [0, 0.05) is 5.41 Å². The van der Waals surface area contributed by atoms with Gasteiger partial charge in [-0.1, -0.05) is 39.5 Å². The number of amides is 2. The summed E-state index contributed by atoms with van der Waals surface area (Å²) in [5.74, 6) is 0.665. The van der Waals surface area contributed by atoms with Crippen molar-refractivity contribution in [1.29, 1.82) is 0 Å². The summed E-state index contributed by atoms with van der Waals surface area (Å²) in [6, 6.07) is 0. The summed E-state index contributed by atoms with van der Waals surface area (Å²) in [6.07, 6.45) is 0. The van der Waals surface area contributed by atoms with Crippen molar-refractivity contribution in [3.63, 3.8) is 0 Å². The number of rotatable bonds is 3. The molecular weight excluding hydrogens is 200 g/mol. The van der Waals surface area contributed by atoms with Gasteiger partial charge in [-0.2, -0.15) is 0 Å². The number of thioether (sulfide) groups is 1. The van der Waals surface area contributed by atoms with Gasteiger partial charge in [0.05, 0.1) is 6.67 Å². The molecule has 82 valence electrons. The van der Waals surface area contributed by atoms with Crippen LogP contribution in [-0.2, 0) is 4.79 Å². The van der Waals surface area contributed by atoms with E-state index in [2.05, 4.69) is 10.6 Å². The Balaban J connectivity index is 3.65. The van der Waals surface area contributed by atoms with Crippen LogP contribution in [0.5, 0.6) is 0 Å². The average molecular weight is 218 g/mol. The van der Waals surface area contributed by atoms with Gasteiger partial charge in [-0.15, -0.1) is 0 Å². The predicted molar refractivity (Wildman–Crippen MR) is 59.1 cm³/mol. The van der Waals surface area contributed by atoms with Crippen LogP contribution < -0.4 is 10.6 Å². The normalized spacial score (nSPS) is 10.9. The molecule has 2 amide bonds.